The van der Waals surface area contributed by atoms with Gasteiger partial charge in [0.25, 0.3) is 0 Å². The molecule has 13 rings (SSSR count). The van der Waals surface area contributed by atoms with E-state index in [1.165, 1.54) is 115 Å². The summed E-state index contributed by atoms with van der Waals surface area (Å²) >= 11 is 0. The molecule has 13 aromatic rings. The highest BCUT2D eigenvalue weighted by atomic mass is 15.0. The van der Waals surface area contributed by atoms with Crippen LogP contribution in [0.3, 0.4) is 0 Å². The highest BCUT2D eigenvalue weighted by Crippen LogP contribution is 2.44. The average molecular weight is 787 g/mol. The molecule has 0 fully saturated rings. The topological polar surface area (TPSA) is 9.86 Å². The summed E-state index contributed by atoms with van der Waals surface area (Å²) in [5, 5.41) is 12.7. The summed E-state index contributed by atoms with van der Waals surface area (Å²) in [6.07, 6.45) is 0. The minimum Gasteiger partial charge on any atom is -0.309 e. The number of benzene rings is 11. The van der Waals surface area contributed by atoms with Crippen LogP contribution < -0.4 is 0 Å². The molecule has 0 aliphatic rings. The molecule has 0 amide bonds. The van der Waals surface area contributed by atoms with Crippen LogP contribution in [0.2, 0.25) is 0 Å². The molecule has 0 bridgehead atoms. The Bertz CT molecular complexity index is 3890. The van der Waals surface area contributed by atoms with Crippen molar-refractivity contribution in [1.82, 2.24) is 9.13 Å². The molecule has 2 heteroatoms. The second kappa shape index (κ2) is 13.7. The molecule has 11 aromatic carbocycles. The van der Waals surface area contributed by atoms with Gasteiger partial charge in [-0.25, -0.2) is 0 Å². The Balaban J connectivity index is 0.944. The zero-order chi connectivity index (χ0) is 40.7. The van der Waals surface area contributed by atoms with Gasteiger partial charge in [-0.1, -0.05) is 158 Å². The van der Waals surface area contributed by atoms with Crippen LogP contribution in [-0.2, 0) is 0 Å². The van der Waals surface area contributed by atoms with E-state index in [1.54, 1.807) is 0 Å². The van der Waals surface area contributed by atoms with Crippen LogP contribution in [0, 0.1) is 0 Å². The van der Waals surface area contributed by atoms with Crippen molar-refractivity contribution in [2.75, 3.05) is 0 Å². The second-order valence-corrected chi connectivity index (χ2v) is 16.5. The molecular weight excluding hydrogens is 749 g/mol. The van der Waals surface area contributed by atoms with E-state index in [2.05, 4.69) is 240 Å². The first-order chi connectivity index (χ1) is 30.8. The molecule has 2 aromatic heterocycles. The van der Waals surface area contributed by atoms with Gasteiger partial charge in [0.1, 0.15) is 0 Å². The fourth-order valence-corrected chi connectivity index (χ4v) is 10.3. The fourth-order valence-electron chi connectivity index (χ4n) is 10.3. The van der Waals surface area contributed by atoms with Gasteiger partial charge in [0.2, 0.25) is 0 Å². The number of rotatable bonds is 5. The van der Waals surface area contributed by atoms with E-state index in [0.29, 0.717) is 0 Å². The lowest BCUT2D eigenvalue weighted by Gasteiger charge is -2.17. The van der Waals surface area contributed by atoms with Gasteiger partial charge in [-0.2, -0.15) is 0 Å². The van der Waals surface area contributed by atoms with Crippen molar-refractivity contribution in [3.8, 4) is 44.8 Å². The monoisotopic (exact) mass is 786 g/mol. The summed E-state index contributed by atoms with van der Waals surface area (Å²) in [5.74, 6) is 0. The third kappa shape index (κ3) is 5.23. The van der Waals surface area contributed by atoms with Crippen LogP contribution in [0.25, 0.3) is 121 Å². The van der Waals surface area contributed by atoms with Crippen LogP contribution in [0.1, 0.15) is 0 Å². The molecule has 2 heterocycles. The van der Waals surface area contributed by atoms with E-state index in [1.807, 2.05) is 0 Å². The Kier molecular flexibility index (Phi) is 7.64. The summed E-state index contributed by atoms with van der Waals surface area (Å²) in [6, 6.07) is 84.7. The molecular formula is C60H38N2. The lowest BCUT2D eigenvalue weighted by molar-refractivity contribution is 1.18. The molecule has 0 saturated carbocycles. The van der Waals surface area contributed by atoms with Crippen LogP contribution in [0.15, 0.2) is 231 Å². The predicted octanol–water partition coefficient (Wildman–Crippen LogP) is 16.3. The first kappa shape index (κ1) is 34.6. The van der Waals surface area contributed by atoms with Gasteiger partial charge < -0.3 is 9.13 Å². The molecule has 0 spiro atoms. The van der Waals surface area contributed by atoms with E-state index < -0.39 is 0 Å². The van der Waals surface area contributed by atoms with Gasteiger partial charge in [-0.3, -0.25) is 0 Å². The van der Waals surface area contributed by atoms with E-state index in [4.69, 9.17) is 0 Å². The van der Waals surface area contributed by atoms with E-state index in [-0.39, 0.29) is 0 Å². The first-order valence-electron chi connectivity index (χ1n) is 21.4. The largest absolute Gasteiger partial charge is 0.309 e. The van der Waals surface area contributed by atoms with Gasteiger partial charge in [-0.15, -0.1) is 0 Å². The summed E-state index contributed by atoms with van der Waals surface area (Å²) in [5.41, 5.74) is 14.4. The van der Waals surface area contributed by atoms with Crippen LogP contribution in [0.5, 0.6) is 0 Å². The summed E-state index contributed by atoms with van der Waals surface area (Å²) < 4.78 is 4.80. The zero-order valence-electron chi connectivity index (χ0n) is 33.8. The molecule has 0 aliphatic carbocycles. The highest BCUT2D eigenvalue weighted by molar-refractivity contribution is 6.29. The van der Waals surface area contributed by atoms with Crippen molar-refractivity contribution in [3.05, 3.63) is 231 Å². The average Bonchev–Trinajstić information content (AvgIpc) is 3.86. The van der Waals surface area contributed by atoms with Gasteiger partial charge >= 0.3 is 0 Å². The number of hydrogen-bond acceptors (Lipinski definition) is 0. The Labute approximate surface area is 358 Å². The van der Waals surface area contributed by atoms with Crippen molar-refractivity contribution >= 4 is 75.9 Å². The first-order valence-corrected chi connectivity index (χ1v) is 21.4. The van der Waals surface area contributed by atoms with Crippen molar-refractivity contribution in [3.63, 3.8) is 0 Å². The van der Waals surface area contributed by atoms with Crippen molar-refractivity contribution < 1.29 is 0 Å². The summed E-state index contributed by atoms with van der Waals surface area (Å²) in [4.78, 5) is 0. The molecule has 0 atom stereocenters. The minimum atomic E-state index is 1.14. The van der Waals surface area contributed by atoms with Crippen LogP contribution in [0.4, 0.5) is 0 Å². The van der Waals surface area contributed by atoms with E-state index in [0.717, 1.165) is 5.69 Å². The molecule has 0 radical (unpaired) electrons. The fraction of sp³-hybridized carbons (Fsp3) is 0. The molecule has 0 aliphatic heterocycles. The molecule has 62 heavy (non-hydrogen) atoms. The molecule has 2 nitrogen and oxygen atoms in total. The number of para-hydroxylation sites is 3. The predicted molar refractivity (Wildman–Crippen MR) is 264 cm³/mol. The smallest absolute Gasteiger partial charge is 0.0541 e. The van der Waals surface area contributed by atoms with Crippen molar-refractivity contribution in [2.24, 2.45) is 0 Å². The van der Waals surface area contributed by atoms with Gasteiger partial charge in [0.15, 0.2) is 0 Å². The Morgan fingerprint density at radius 2 is 0.613 bits per heavy atom. The third-order valence-electron chi connectivity index (χ3n) is 13.1. The number of fused-ring (bicyclic) bond motifs is 12. The van der Waals surface area contributed by atoms with Crippen molar-refractivity contribution in [2.45, 2.75) is 0 Å². The lowest BCUT2D eigenvalue weighted by Crippen LogP contribution is -1.94. The Morgan fingerprint density at radius 1 is 0.210 bits per heavy atom. The van der Waals surface area contributed by atoms with E-state index in [9.17, 15) is 0 Å². The number of nitrogens with zero attached hydrogens (tertiary/aromatic N) is 2. The molecule has 0 N–H and O–H groups in total. The quantitative estimate of drug-likeness (QED) is 0.154. The number of aromatic nitrogens is 2. The lowest BCUT2D eigenvalue weighted by atomic mass is 9.87. The van der Waals surface area contributed by atoms with Gasteiger partial charge in [0, 0.05) is 32.9 Å². The van der Waals surface area contributed by atoms with Crippen LogP contribution in [-0.4, -0.2) is 9.13 Å². The standard InChI is InChI=1S/C60H38N2/c1-3-15-40(16-4-1)52-37-43(38-55-48-21-8-7-19-46(48)47-20-9-10-24-51(47)60(52)55)39-27-31-45(32-28-39)62-57-26-14-12-23-50(57)54-36-42(30-34-59(54)62)41-29-33-58-53(35-41)49-22-11-13-25-56(49)61(58)44-17-5-2-6-18-44/h1-38H. The summed E-state index contributed by atoms with van der Waals surface area (Å²) in [7, 11) is 0. The van der Waals surface area contributed by atoms with Gasteiger partial charge in [0.05, 0.1) is 22.1 Å². The normalized spacial score (nSPS) is 11.9. The maximum absolute atomic E-state index is 2.42. The zero-order valence-corrected chi connectivity index (χ0v) is 33.8. The third-order valence-corrected chi connectivity index (χ3v) is 13.1. The maximum Gasteiger partial charge on any atom is 0.0541 e. The molecule has 0 saturated heterocycles. The summed E-state index contributed by atoms with van der Waals surface area (Å²) in [6.45, 7) is 0. The second-order valence-electron chi connectivity index (χ2n) is 16.5. The Morgan fingerprint density at radius 3 is 1.19 bits per heavy atom. The molecule has 288 valence electrons. The van der Waals surface area contributed by atoms with Crippen molar-refractivity contribution in [1.29, 1.82) is 0 Å². The van der Waals surface area contributed by atoms with Gasteiger partial charge in [-0.05, 0) is 138 Å². The SMILES string of the molecule is c1ccc(-c2cc(-c3ccc(-n4c5ccccc5c5cc(-c6ccc7c(c6)c6ccccc6n7-c6ccccc6)ccc54)cc3)cc3c4ccccc4c4ccccc4c23)cc1. The molecule has 0 unspecified atom stereocenters. The van der Waals surface area contributed by atoms with E-state index >= 15 is 0 Å². The Hall–Kier alpha value is -8.20. The number of hydrogen-bond donors (Lipinski definition) is 0. The minimum absolute atomic E-state index is 1.14. The van der Waals surface area contributed by atoms with Crippen LogP contribution >= 0.6 is 0 Å². The maximum atomic E-state index is 2.42. The highest BCUT2D eigenvalue weighted by Gasteiger charge is 2.18.